The molecule has 0 saturated carbocycles. The second-order valence-electron chi connectivity index (χ2n) is 5.11. The maximum Gasteiger partial charge on any atom is 0.273 e. The first-order chi connectivity index (χ1) is 11.2. The van der Waals surface area contributed by atoms with Crippen LogP contribution in [0.4, 0.5) is 0 Å². The zero-order valence-corrected chi connectivity index (χ0v) is 13.0. The minimum absolute atomic E-state index is 0.240. The second kappa shape index (κ2) is 6.36. The molecule has 1 aromatic heterocycles. The molecule has 3 rings (SSSR count). The number of hydrogen-bond donors (Lipinski definition) is 2. The molecule has 0 aliphatic rings. The van der Waals surface area contributed by atoms with E-state index >= 15 is 0 Å². The second-order valence-corrected chi connectivity index (χ2v) is 5.11. The van der Waals surface area contributed by atoms with Gasteiger partial charge in [0.05, 0.1) is 18.4 Å². The Labute approximate surface area is 134 Å². The van der Waals surface area contributed by atoms with Crippen LogP contribution in [-0.2, 0) is 0 Å². The average molecular weight is 307 g/mol. The van der Waals surface area contributed by atoms with Gasteiger partial charge in [0.25, 0.3) is 5.91 Å². The highest BCUT2D eigenvalue weighted by atomic mass is 16.5. The molecule has 0 saturated heterocycles. The van der Waals surface area contributed by atoms with Crippen LogP contribution < -0.4 is 10.2 Å². The predicted molar refractivity (Wildman–Crippen MR) is 91.0 cm³/mol. The van der Waals surface area contributed by atoms with E-state index in [0.717, 1.165) is 27.9 Å². The fraction of sp³-hybridized carbons (Fsp3) is 0.111. The van der Waals surface area contributed by atoms with Crippen molar-refractivity contribution in [1.82, 2.24) is 10.4 Å². The third kappa shape index (κ3) is 3.08. The van der Waals surface area contributed by atoms with E-state index in [2.05, 4.69) is 15.5 Å². The fourth-order valence-electron chi connectivity index (χ4n) is 2.35. The van der Waals surface area contributed by atoms with Crippen LogP contribution in [0.3, 0.4) is 0 Å². The number of carbonyl (C=O) groups is 1. The van der Waals surface area contributed by atoms with Gasteiger partial charge < -0.3 is 9.72 Å². The third-order valence-electron chi connectivity index (χ3n) is 3.67. The Morgan fingerprint density at radius 2 is 1.87 bits per heavy atom. The Morgan fingerprint density at radius 3 is 2.61 bits per heavy atom. The lowest BCUT2D eigenvalue weighted by molar-refractivity contribution is 0.0956. The van der Waals surface area contributed by atoms with Crippen LogP contribution in [0.1, 0.15) is 22.8 Å². The summed E-state index contributed by atoms with van der Waals surface area (Å²) >= 11 is 0. The summed E-state index contributed by atoms with van der Waals surface area (Å²) < 4.78 is 5.12. The topological polar surface area (TPSA) is 66.5 Å². The van der Waals surface area contributed by atoms with Crippen molar-refractivity contribution in [2.75, 3.05) is 7.11 Å². The predicted octanol–water partition coefficient (Wildman–Crippen LogP) is 3.33. The van der Waals surface area contributed by atoms with E-state index in [9.17, 15) is 4.79 Å². The van der Waals surface area contributed by atoms with E-state index in [0.29, 0.717) is 5.56 Å². The van der Waals surface area contributed by atoms with Gasteiger partial charge in [-0.25, -0.2) is 5.43 Å². The van der Waals surface area contributed by atoms with E-state index in [-0.39, 0.29) is 5.91 Å². The molecular weight excluding hydrogens is 290 g/mol. The van der Waals surface area contributed by atoms with E-state index in [4.69, 9.17) is 4.74 Å². The van der Waals surface area contributed by atoms with Gasteiger partial charge in [-0.3, -0.25) is 4.79 Å². The van der Waals surface area contributed by atoms with Crippen LogP contribution in [0, 0.1) is 0 Å². The number of amides is 1. The Kier molecular flexibility index (Phi) is 4.10. The summed E-state index contributed by atoms with van der Waals surface area (Å²) in [5.74, 6) is 0.541. The van der Waals surface area contributed by atoms with Crippen molar-refractivity contribution in [3.8, 4) is 5.75 Å². The van der Waals surface area contributed by atoms with Crippen LogP contribution in [-0.4, -0.2) is 23.7 Å². The monoisotopic (exact) mass is 307 g/mol. The number of para-hydroxylation sites is 1. The van der Waals surface area contributed by atoms with Gasteiger partial charge in [-0.2, -0.15) is 5.10 Å². The maximum atomic E-state index is 12.3. The number of ether oxygens (including phenoxy) is 1. The first-order valence-corrected chi connectivity index (χ1v) is 7.24. The molecule has 0 spiro atoms. The van der Waals surface area contributed by atoms with Gasteiger partial charge >= 0.3 is 0 Å². The molecule has 0 aliphatic carbocycles. The molecule has 5 heteroatoms. The van der Waals surface area contributed by atoms with Crippen LogP contribution in [0.25, 0.3) is 10.9 Å². The molecule has 1 heterocycles. The minimum Gasteiger partial charge on any atom is -0.497 e. The normalized spacial score (nSPS) is 11.5. The van der Waals surface area contributed by atoms with Gasteiger partial charge in [-0.15, -0.1) is 0 Å². The number of hydrogen-bond acceptors (Lipinski definition) is 3. The Bertz CT molecular complexity index is 863. The van der Waals surface area contributed by atoms with Crippen LogP contribution in [0.2, 0.25) is 0 Å². The fourth-order valence-corrected chi connectivity index (χ4v) is 2.35. The summed E-state index contributed by atoms with van der Waals surface area (Å²) in [7, 11) is 1.62. The quantitative estimate of drug-likeness (QED) is 0.573. The highest BCUT2D eigenvalue weighted by Crippen LogP contribution is 2.17. The van der Waals surface area contributed by atoms with E-state index in [1.807, 2.05) is 55.5 Å². The summed E-state index contributed by atoms with van der Waals surface area (Å²) in [6, 6.07) is 15.2. The number of benzene rings is 2. The molecule has 3 aromatic rings. The Hall–Kier alpha value is -3.08. The summed E-state index contributed by atoms with van der Waals surface area (Å²) in [5, 5.41) is 5.05. The highest BCUT2D eigenvalue weighted by Gasteiger charge is 2.11. The lowest BCUT2D eigenvalue weighted by atomic mass is 10.1. The smallest absolute Gasteiger partial charge is 0.273 e. The molecule has 2 N–H and O–H groups in total. The molecule has 2 aromatic carbocycles. The van der Waals surface area contributed by atoms with Crippen LogP contribution >= 0.6 is 0 Å². The lowest BCUT2D eigenvalue weighted by Crippen LogP contribution is -2.19. The largest absolute Gasteiger partial charge is 0.497 e. The number of aromatic nitrogens is 1. The van der Waals surface area contributed by atoms with Crippen LogP contribution in [0.5, 0.6) is 5.75 Å². The number of rotatable bonds is 4. The number of carbonyl (C=O) groups excluding carboxylic acids is 1. The summed E-state index contributed by atoms with van der Waals surface area (Å²) in [4.78, 5) is 15.4. The minimum atomic E-state index is -0.240. The number of nitrogens with zero attached hydrogens (tertiary/aromatic N) is 1. The van der Waals surface area contributed by atoms with Crippen molar-refractivity contribution >= 4 is 22.5 Å². The molecule has 0 aliphatic heterocycles. The van der Waals surface area contributed by atoms with Crippen LogP contribution in [0.15, 0.2) is 59.8 Å². The maximum absolute atomic E-state index is 12.3. The molecule has 0 bridgehead atoms. The van der Waals surface area contributed by atoms with Gasteiger partial charge in [0.15, 0.2) is 0 Å². The molecule has 23 heavy (non-hydrogen) atoms. The van der Waals surface area contributed by atoms with Crippen molar-refractivity contribution in [2.24, 2.45) is 5.10 Å². The molecule has 0 fully saturated rings. The van der Waals surface area contributed by atoms with Gasteiger partial charge in [0, 0.05) is 17.1 Å². The Balaban J connectivity index is 1.76. The number of fused-ring (bicyclic) bond motifs is 1. The first kappa shape index (κ1) is 14.8. The Morgan fingerprint density at radius 1 is 1.13 bits per heavy atom. The standard InChI is InChI=1S/C18H17N3O2/c1-12(13-7-9-14(23-2)10-8-13)20-21-18(22)16-11-19-17-6-4-3-5-15(16)17/h3-11,19H,1-2H3,(H,21,22)/b20-12+. The molecule has 0 radical (unpaired) electrons. The van der Waals surface area contributed by atoms with Crippen molar-refractivity contribution < 1.29 is 9.53 Å². The number of aromatic amines is 1. The van der Waals surface area contributed by atoms with Gasteiger partial charge in [-0.1, -0.05) is 18.2 Å². The van der Waals surface area contributed by atoms with Crippen molar-refractivity contribution in [2.45, 2.75) is 6.92 Å². The summed E-state index contributed by atoms with van der Waals surface area (Å²) in [6.07, 6.45) is 1.69. The van der Waals surface area contributed by atoms with E-state index in [1.165, 1.54) is 0 Å². The number of H-pyrrole nitrogens is 1. The van der Waals surface area contributed by atoms with Crippen molar-refractivity contribution in [3.05, 3.63) is 65.9 Å². The molecule has 5 nitrogen and oxygen atoms in total. The number of methoxy groups -OCH3 is 1. The van der Waals surface area contributed by atoms with Crippen molar-refractivity contribution in [1.29, 1.82) is 0 Å². The van der Waals surface area contributed by atoms with E-state index < -0.39 is 0 Å². The SMILES string of the molecule is COc1ccc(/C(C)=N/NC(=O)c2c[nH]c3ccccc23)cc1. The zero-order chi connectivity index (χ0) is 16.2. The molecule has 0 unspecified atom stereocenters. The van der Waals surface area contributed by atoms with Gasteiger partial charge in [0.2, 0.25) is 0 Å². The first-order valence-electron chi connectivity index (χ1n) is 7.24. The highest BCUT2D eigenvalue weighted by molar-refractivity contribution is 6.07. The molecule has 1 amide bonds. The molecular formula is C18H17N3O2. The van der Waals surface area contributed by atoms with Gasteiger partial charge in [0.1, 0.15) is 5.75 Å². The van der Waals surface area contributed by atoms with Crippen molar-refractivity contribution in [3.63, 3.8) is 0 Å². The number of hydrazone groups is 1. The zero-order valence-electron chi connectivity index (χ0n) is 13.0. The van der Waals surface area contributed by atoms with Gasteiger partial charge in [-0.05, 0) is 42.8 Å². The average Bonchev–Trinajstić information content (AvgIpc) is 3.03. The summed E-state index contributed by atoms with van der Waals surface area (Å²) in [6.45, 7) is 1.84. The number of nitrogens with one attached hydrogen (secondary N) is 2. The molecule has 0 atom stereocenters. The third-order valence-corrected chi connectivity index (χ3v) is 3.67. The molecule has 116 valence electrons. The summed E-state index contributed by atoms with van der Waals surface area (Å²) in [5.41, 5.74) is 5.75. The van der Waals surface area contributed by atoms with E-state index in [1.54, 1.807) is 13.3 Å². The lowest BCUT2D eigenvalue weighted by Gasteiger charge is -2.04.